The average Bonchev–Trinajstić information content (AvgIpc) is 2.15. The van der Waals surface area contributed by atoms with Gasteiger partial charge >= 0.3 is 6.18 Å². The molecule has 0 aromatic carbocycles. The number of rotatable bonds is 2. The first-order valence-electron chi connectivity index (χ1n) is 3.78. The molecule has 76 valence electrons. The number of hydrogen-bond acceptors (Lipinski definition) is 2. The molecule has 1 aromatic rings. The van der Waals surface area contributed by atoms with E-state index >= 15 is 0 Å². The molecule has 5 heteroatoms. The molecule has 0 saturated carbocycles. The zero-order chi connectivity index (χ0) is 10.8. The molecule has 1 rings (SSSR count). The van der Waals surface area contributed by atoms with Crippen LogP contribution in [0.4, 0.5) is 13.2 Å². The van der Waals surface area contributed by atoms with Gasteiger partial charge in [-0.05, 0) is 6.07 Å². The van der Waals surface area contributed by atoms with Gasteiger partial charge in [0.05, 0.1) is 11.7 Å². The Morgan fingerprint density at radius 2 is 2.14 bits per heavy atom. The fraction of sp³-hybridized carbons (Fsp3) is 0.222. The van der Waals surface area contributed by atoms with Gasteiger partial charge in [0.1, 0.15) is 0 Å². The van der Waals surface area contributed by atoms with Crippen LogP contribution >= 0.6 is 0 Å². The lowest BCUT2D eigenvalue weighted by Crippen LogP contribution is -2.11. The highest BCUT2D eigenvalue weighted by atomic mass is 19.4. The molecule has 1 aromatic heterocycles. The zero-order valence-corrected chi connectivity index (χ0v) is 7.12. The first-order chi connectivity index (χ1) is 6.46. The highest BCUT2D eigenvalue weighted by Crippen LogP contribution is 2.34. The van der Waals surface area contributed by atoms with Crippen molar-refractivity contribution in [2.24, 2.45) is 0 Å². The molecule has 1 N–H and O–H groups in total. The zero-order valence-electron chi connectivity index (χ0n) is 7.12. The standard InChI is InChI=1S/C9H8F3NO/c1-2-8(14)6-5-13-4-3-7(6)9(10,11)12/h2-5,8,14H,1H2. The van der Waals surface area contributed by atoms with Gasteiger partial charge in [-0.15, -0.1) is 6.58 Å². The van der Waals surface area contributed by atoms with Crippen LogP contribution < -0.4 is 0 Å². The van der Waals surface area contributed by atoms with Gasteiger partial charge in [0.2, 0.25) is 0 Å². The second-order valence-corrected chi connectivity index (χ2v) is 2.64. The summed E-state index contributed by atoms with van der Waals surface area (Å²) in [4.78, 5) is 3.52. The van der Waals surface area contributed by atoms with Crippen molar-refractivity contribution in [1.29, 1.82) is 0 Å². The minimum Gasteiger partial charge on any atom is -0.384 e. The summed E-state index contributed by atoms with van der Waals surface area (Å²) in [5.74, 6) is 0. The topological polar surface area (TPSA) is 33.1 Å². The minimum atomic E-state index is -4.48. The molecule has 0 aliphatic heterocycles. The fourth-order valence-corrected chi connectivity index (χ4v) is 1.03. The summed E-state index contributed by atoms with van der Waals surface area (Å²) >= 11 is 0. The normalized spacial score (nSPS) is 13.7. The van der Waals surface area contributed by atoms with Crippen molar-refractivity contribution in [3.63, 3.8) is 0 Å². The van der Waals surface area contributed by atoms with Crippen molar-refractivity contribution in [1.82, 2.24) is 4.98 Å². The lowest BCUT2D eigenvalue weighted by atomic mass is 10.1. The molecular formula is C9H8F3NO. The maximum atomic E-state index is 12.4. The van der Waals surface area contributed by atoms with Gasteiger partial charge < -0.3 is 5.11 Å². The van der Waals surface area contributed by atoms with E-state index in [2.05, 4.69) is 11.6 Å². The average molecular weight is 203 g/mol. The molecule has 0 aliphatic carbocycles. The number of halogens is 3. The van der Waals surface area contributed by atoms with Gasteiger partial charge in [-0.2, -0.15) is 13.2 Å². The number of hydrogen-bond donors (Lipinski definition) is 1. The third kappa shape index (κ3) is 2.11. The van der Waals surface area contributed by atoms with Crippen molar-refractivity contribution >= 4 is 0 Å². The molecule has 0 spiro atoms. The number of aromatic nitrogens is 1. The van der Waals surface area contributed by atoms with Crippen LogP contribution in [0.15, 0.2) is 31.1 Å². The highest BCUT2D eigenvalue weighted by Gasteiger charge is 2.34. The summed E-state index contributed by atoms with van der Waals surface area (Å²) in [6, 6.07) is 0.821. The maximum absolute atomic E-state index is 12.4. The Morgan fingerprint density at radius 3 is 2.64 bits per heavy atom. The molecule has 0 fully saturated rings. The van der Waals surface area contributed by atoms with Gasteiger partial charge in [-0.3, -0.25) is 4.98 Å². The Morgan fingerprint density at radius 1 is 1.50 bits per heavy atom. The van der Waals surface area contributed by atoms with E-state index in [0.29, 0.717) is 0 Å². The molecule has 1 heterocycles. The smallest absolute Gasteiger partial charge is 0.384 e. The third-order valence-corrected chi connectivity index (χ3v) is 1.70. The van der Waals surface area contributed by atoms with Gasteiger partial charge in [0.15, 0.2) is 0 Å². The van der Waals surface area contributed by atoms with Crippen LogP contribution in [-0.4, -0.2) is 10.1 Å². The van der Waals surface area contributed by atoms with Crippen LogP contribution in [-0.2, 0) is 6.18 Å². The minimum absolute atomic E-state index is 0.282. The van der Waals surface area contributed by atoms with Crippen LogP contribution in [0, 0.1) is 0 Å². The summed E-state index contributed by atoms with van der Waals surface area (Å²) in [5.41, 5.74) is -1.17. The van der Waals surface area contributed by atoms with Gasteiger partial charge in [0, 0.05) is 18.0 Å². The maximum Gasteiger partial charge on any atom is 0.416 e. The van der Waals surface area contributed by atoms with Crippen LogP contribution in [0.25, 0.3) is 0 Å². The second-order valence-electron chi connectivity index (χ2n) is 2.64. The summed E-state index contributed by atoms with van der Waals surface area (Å²) in [6.45, 7) is 3.22. The molecule has 2 nitrogen and oxygen atoms in total. The summed E-state index contributed by atoms with van der Waals surface area (Å²) in [5, 5.41) is 9.22. The Balaban J connectivity index is 3.22. The molecule has 1 atom stereocenters. The van der Waals surface area contributed by atoms with E-state index in [1.807, 2.05) is 0 Å². The highest BCUT2D eigenvalue weighted by molar-refractivity contribution is 5.30. The van der Waals surface area contributed by atoms with Crippen LogP contribution in [0.2, 0.25) is 0 Å². The number of alkyl halides is 3. The molecule has 0 bridgehead atoms. The number of aliphatic hydroxyl groups is 1. The molecule has 0 amide bonds. The van der Waals surface area contributed by atoms with Crippen molar-refractivity contribution in [2.75, 3.05) is 0 Å². The summed E-state index contributed by atoms with van der Waals surface area (Å²) in [7, 11) is 0. The Bertz CT molecular complexity index is 335. The van der Waals surface area contributed by atoms with Gasteiger partial charge in [-0.25, -0.2) is 0 Å². The van der Waals surface area contributed by atoms with Crippen molar-refractivity contribution in [2.45, 2.75) is 12.3 Å². The van der Waals surface area contributed by atoms with E-state index in [-0.39, 0.29) is 5.56 Å². The van der Waals surface area contributed by atoms with Crippen molar-refractivity contribution < 1.29 is 18.3 Å². The largest absolute Gasteiger partial charge is 0.416 e. The number of nitrogens with zero attached hydrogens (tertiary/aromatic N) is 1. The predicted molar refractivity (Wildman–Crippen MR) is 44.4 cm³/mol. The van der Waals surface area contributed by atoms with Crippen molar-refractivity contribution in [3.8, 4) is 0 Å². The molecular weight excluding hydrogens is 195 g/mol. The first-order valence-corrected chi connectivity index (χ1v) is 3.78. The van der Waals surface area contributed by atoms with E-state index < -0.39 is 17.8 Å². The Labute approximate surface area is 78.7 Å². The van der Waals surface area contributed by atoms with Crippen LogP contribution in [0.3, 0.4) is 0 Å². The quantitative estimate of drug-likeness (QED) is 0.748. The monoisotopic (exact) mass is 203 g/mol. The predicted octanol–water partition coefficient (Wildman–Crippen LogP) is 2.32. The Hall–Kier alpha value is -1.36. The van der Waals surface area contributed by atoms with E-state index in [9.17, 15) is 18.3 Å². The second kappa shape index (κ2) is 3.79. The molecule has 0 saturated heterocycles. The SMILES string of the molecule is C=CC(O)c1cnccc1C(F)(F)F. The first kappa shape index (κ1) is 10.7. The number of pyridine rings is 1. The van der Waals surface area contributed by atoms with E-state index in [4.69, 9.17) is 0 Å². The van der Waals surface area contributed by atoms with E-state index in [1.54, 1.807) is 0 Å². The van der Waals surface area contributed by atoms with E-state index in [1.165, 1.54) is 0 Å². The summed E-state index contributed by atoms with van der Waals surface area (Å²) < 4.78 is 37.1. The lowest BCUT2D eigenvalue weighted by molar-refractivity contribution is -0.139. The lowest BCUT2D eigenvalue weighted by Gasteiger charge is -2.13. The molecule has 14 heavy (non-hydrogen) atoms. The third-order valence-electron chi connectivity index (χ3n) is 1.70. The van der Waals surface area contributed by atoms with E-state index in [0.717, 1.165) is 24.5 Å². The fourth-order valence-electron chi connectivity index (χ4n) is 1.03. The van der Waals surface area contributed by atoms with Crippen LogP contribution in [0.1, 0.15) is 17.2 Å². The van der Waals surface area contributed by atoms with Gasteiger partial charge in [0.25, 0.3) is 0 Å². The van der Waals surface area contributed by atoms with Crippen molar-refractivity contribution in [3.05, 3.63) is 42.2 Å². The molecule has 0 aliphatic rings. The van der Waals surface area contributed by atoms with Gasteiger partial charge in [-0.1, -0.05) is 6.08 Å². The molecule has 1 unspecified atom stereocenters. The summed E-state index contributed by atoms with van der Waals surface area (Å²) in [6.07, 6.45) is -2.80. The number of aliphatic hydroxyl groups excluding tert-OH is 1. The van der Waals surface area contributed by atoms with Crippen LogP contribution in [0.5, 0.6) is 0 Å². The molecule has 0 radical (unpaired) electrons. The Kier molecular flexibility index (Phi) is 2.90.